The number of halogens is 1. The van der Waals surface area contributed by atoms with E-state index in [1.807, 2.05) is 38.1 Å². The highest BCUT2D eigenvalue weighted by Gasteiger charge is 2.10. The van der Waals surface area contributed by atoms with Crippen molar-refractivity contribution in [2.45, 2.75) is 13.8 Å². The Labute approximate surface area is 115 Å². The van der Waals surface area contributed by atoms with Crippen LogP contribution < -0.4 is 10.1 Å². The van der Waals surface area contributed by atoms with Gasteiger partial charge in [-0.3, -0.25) is 0 Å². The maximum atomic E-state index is 5.74. The number of nitrogens with zero attached hydrogens (tertiary/aromatic N) is 2. The number of nitrogens with one attached hydrogen (secondary N) is 1. The maximum Gasteiger partial charge on any atom is 0.238 e. The Morgan fingerprint density at radius 2 is 2.17 bits per heavy atom. The minimum atomic E-state index is 0.506. The van der Waals surface area contributed by atoms with E-state index in [-0.39, 0.29) is 0 Å². The van der Waals surface area contributed by atoms with Crippen LogP contribution in [0.4, 0.5) is 5.82 Å². The summed E-state index contributed by atoms with van der Waals surface area (Å²) in [5.74, 6) is 2.00. The number of ether oxygens (including phenoxy) is 1. The van der Waals surface area contributed by atoms with E-state index in [2.05, 4.69) is 31.2 Å². The first-order valence-corrected chi connectivity index (χ1v) is 6.49. The molecule has 1 heterocycles. The van der Waals surface area contributed by atoms with Crippen LogP contribution in [0.15, 0.2) is 35.1 Å². The molecular formula is C13H14BrN3O. The van der Waals surface area contributed by atoms with Crippen LogP contribution in [0.5, 0.6) is 11.6 Å². The summed E-state index contributed by atoms with van der Waals surface area (Å²) in [6.07, 6.45) is 1.48. The fourth-order valence-electron chi connectivity index (χ4n) is 1.51. The van der Waals surface area contributed by atoms with E-state index in [1.54, 1.807) is 0 Å². The topological polar surface area (TPSA) is 47.0 Å². The molecule has 0 aliphatic heterocycles. The largest absolute Gasteiger partial charge is 0.438 e. The van der Waals surface area contributed by atoms with Crippen LogP contribution in [0, 0.1) is 6.92 Å². The maximum absolute atomic E-state index is 5.74. The van der Waals surface area contributed by atoms with E-state index in [0.29, 0.717) is 5.88 Å². The zero-order valence-corrected chi connectivity index (χ0v) is 11.9. The Morgan fingerprint density at radius 3 is 2.89 bits per heavy atom. The van der Waals surface area contributed by atoms with Gasteiger partial charge in [-0.25, -0.2) is 9.97 Å². The standard InChI is InChI=1S/C13H14BrN3O/c1-3-15-12-11(14)13(17-8-16-12)18-10-6-4-5-9(2)7-10/h4-8H,3H2,1-2H3,(H,15,16,17). The first-order chi connectivity index (χ1) is 8.70. The van der Waals surface area contributed by atoms with Crippen molar-refractivity contribution in [3.05, 3.63) is 40.6 Å². The smallest absolute Gasteiger partial charge is 0.238 e. The molecule has 2 aromatic rings. The Kier molecular flexibility index (Phi) is 4.15. The van der Waals surface area contributed by atoms with Crippen molar-refractivity contribution in [2.24, 2.45) is 0 Å². The monoisotopic (exact) mass is 307 g/mol. The predicted molar refractivity (Wildman–Crippen MR) is 75.1 cm³/mol. The van der Waals surface area contributed by atoms with E-state index in [4.69, 9.17) is 4.74 Å². The number of benzene rings is 1. The highest BCUT2D eigenvalue weighted by Crippen LogP contribution is 2.31. The molecule has 0 unspecified atom stereocenters. The van der Waals surface area contributed by atoms with Gasteiger partial charge in [0.15, 0.2) is 0 Å². The molecule has 0 fully saturated rings. The molecule has 2 rings (SSSR count). The molecule has 18 heavy (non-hydrogen) atoms. The number of hydrogen-bond acceptors (Lipinski definition) is 4. The summed E-state index contributed by atoms with van der Waals surface area (Å²) in [5.41, 5.74) is 1.14. The minimum absolute atomic E-state index is 0.506. The van der Waals surface area contributed by atoms with Gasteiger partial charge in [0.05, 0.1) is 0 Å². The van der Waals surface area contributed by atoms with Crippen LogP contribution in [-0.2, 0) is 0 Å². The quantitative estimate of drug-likeness (QED) is 0.934. The van der Waals surface area contributed by atoms with Crippen molar-refractivity contribution in [1.29, 1.82) is 0 Å². The van der Waals surface area contributed by atoms with Crippen LogP contribution >= 0.6 is 15.9 Å². The van der Waals surface area contributed by atoms with Gasteiger partial charge in [0.2, 0.25) is 5.88 Å². The molecular weight excluding hydrogens is 294 g/mol. The third kappa shape index (κ3) is 2.98. The number of aromatic nitrogens is 2. The summed E-state index contributed by atoms with van der Waals surface area (Å²) < 4.78 is 6.47. The van der Waals surface area contributed by atoms with Gasteiger partial charge in [-0.1, -0.05) is 12.1 Å². The highest BCUT2D eigenvalue weighted by atomic mass is 79.9. The fraction of sp³-hybridized carbons (Fsp3) is 0.231. The first-order valence-electron chi connectivity index (χ1n) is 5.69. The number of hydrogen-bond donors (Lipinski definition) is 1. The summed E-state index contributed by atoms with van der Waals surface area (Å²) in [6, 6.07) is 7.83. The summed E-state index contributed by atoms with van der Waals surface area (Å²) in [4.78, 5) is 8.26. The van der Waals surface area contributed by atoms with Crippen LogP contribution in [0.1, 0.15) is 12.5 Å². The van der Waals surface area contributed by atoms with Crippen LogP contribution in [0.2, 0.25) is 0 Å². The molecule has 4 nitrogen and oxygen atoms in total. The molecule has 0 saturated carbocycles. The number of rotatable bonds is 4. The van der Waals surface area contributed by atoms with Crippen LogP contribution in [0.3, 0.4) is 0 Å². The van der Waals surface area contributed by atoms with E-state index < -0.39 is 0 Å². The lowest BCUT2D eigenvalue weighted by molar-refractivity contribution is 0.458. The minimum Gasteiger partial charge on any atom is -0.438 e. The summed E-state index contributed by atoms with van der Waals surface area (Å²) in [5, 5.41) is 3.14. The molecule has 0 bridgehead atoms. The van der Waals surface area contributed by atoms with Gasteiger partial charge in [0, 0.05) is 6.54 Å². The predicted octanol–water partition coefficient (Wildman–Crippen LogP) is 3.77. The van der Waals surface area contributed by atoms with E-state index in [9.17, 15) is 0 Å². The normalized spacial score (nSPS) is 10.2. The lowest BCUT2D eigenvalue weighted by Crippen LogP contribution is -2.02. The molecule has 0 radical (unpaired) electrons. The second-order valence-corrected chi connectivity index (χ2v) is 4.58. The lowest BCUT2D eigenvalue weighted by atomic mass is 10.2. The van der Waals surface area contributed by atoms with E-state index >= 15 is 0 Å². The Morgan fingerprint density at radius 1 is 1.33 bits per heavy atom. The molecule has 5 heteroatoms. The second-order valence-electron chi connectivity index (χ2n) is 3.79. The third-order valence-electron chi connectivity index (χ3n) is 2.31. The second kappa shape index (κ2) is 5.82. The van der Waals surface area contributed by atoms with Crippen LogP contribution in [-0.4, -0.2) is 16.5 Å². The highest BCUT2D eigenvalue weighted by molar-refractivity contribution is 9.10. The lowest BCUT2D eigenvalue weighted by Gasteiger charge is -2.10. The molecule has 0 amide bonds. The van der Waals surface area contributed by atoms with Gasteiger partial charge >= 0.3 is 0 Å². The van der Waals surface area contributed by atoms with Crippen molar-refractivity contribution in [3.63, 3.8) is 0 Å². The molecule has 0 aliphatic carbocycles. The molecule has 0 spiro atoms. The van der Waals surface area contributed by atoms with Gasteiger partial charge in [-0.15, -0.1) is 0 Å². The van der Waals surface area contributed by atoms with Gasteiger partial charge < -0.3 is 10.1 Å². The number of anilines is 1. The van der Waals surface area contributed by atoms with Crippen LogP contribution in [0.25, 0.3) is 0 Å². The van der Waals surface area contributed by atoms with Crippen molar-refractivity contribution in [2.75, 3.05) is 11.9 Å². The average Bonchev–Trinajstić information content (AvgIpc) is 2.35. The Bertz CT molecular complexity index is 546. The average molecular weight is 308 g/mol. The Balaban J connectivity index is 2.26. The molecule has 1 aromatic carbocycles. The van der Waals surface area contributed by atoms with Gasteiger partial charge in [-0.05, 0) is 47.5 Å². The first kappa shape index (κ1) is 12.8. The SMILES string of the molecule is CCNc1ncnc(Oc2cccc(C)c2)c1Br. The number of aryl methyl sites for hydroxylation is 1. The Hall–Kier alpha value is -1.62. The van der Waals surface area contributed by atoms with Gasteiger partial charge in [0.1, 0.15) is 22.4 Å². The zero-order chi connectivity index (χ0) is 13.0. The molecule has 1 aromatic heterocycles. The molecule has 0 atom stereocenters. The molecule has 0 aliphatic rings. The summed E-state index contributed by atoms with van der Waals surface area (Å²) in [7, 11) is 0. The van der Waals surface area contributed by atoms with E-state index in [0.717, 1.165) is 28.1 Å². The van der Waals surface area contributed by atoms with Crippen molar-refractivity contribution >= 4 is 21.7 Å². The summed E-state index contributed by atoms with van der Waals surface area (Å²) >= 11 is 3.45. The third-order valence-corrected chi connectivity index (χ3v) is 3.02. The van der Waals surface area contributed by atoms with Gasteiger partial charge in [-0.2, -0.15) is 0 Å². The molecule has 94 valence electrons. The van der Waals surface area contributed by atoms with Gasteiger partial charge in [0.25, 0.3) is 0 Å². The van der Waals surface area contributed by atoms with Crippen molar-refractivity contribution in [1.82, 2.24) is 9.97 Å². The fourth-order valence-corrected chi connectivity index (χ4v) is 1.93. The van der Waals surface area contributed by atoms with E-state index in [1.165, 1.54) is 6.33 Å². The summed E-state index contributed by atoms with van der Waals surface area (Å²) in [6.45, 7) is 4.82. The molecule has 0 saturated heterocycles. The van der Waals surface area contributed by atoms with Crippen molar-refractivity contribution in [3.8, 4) is 11.6 Å². The zero-order valence-electron chi connectivity index (χ0n) is 10.3. The molecule has 1 N–H and O–H groups in total. The van der Waals surface area contributed by atoms with Crippen molar-refractivity contribution < 1.29 is 4.74 Å².